The Kier molecular flexibility index (Phi) is 24.0. The molecule has 0 amide bonds. The molecule has 10 heteroatoms. The summed E-state index contributed by atoms with van der Waals surface area (Å²) in [4.78, 5) is 25.1. The highest BCUT2D eigenvalue weighted by Gasteiger charge is 2.32. The first-order valence-electron chi connectivity index (χ1n) is 40.0. The minimum atomic E-state index is 0.486. The van der Waals surface area contributed by atoms with E-state index in [1.807, 2.05) is 58.8 Å². The molecule has 5 heterocycles. The van der Waals surface area contributed by atoms with E-state index in [9.17, 15) is 0 Å². The van der Waals surface area contributed by atoms with Crippen LogP contribution in [0, 0.1) is 0 Å². The summed E-state index contributed by atoms with van der Waals surface area (Å²) in [5.41, 5.74) is 25.7. The molecule has 0 aliphatic carbocycles. The summed E-state index contributed by atoms with van der Waals surface area (Å²) in [6.07, 6.45) is 0. The molecule has 0 fully saturated rings. The van der Waals surface area contributed by atoms with Crippen molar-refractivity contribution in [3.63, 3.8) is 0 Å². The molecule has 15 aromatic rings. The number of hydrogen-bond acceptors (Lipinski definition) is 10. The van der Waals surface area contributed by atoms with Crippen molar-refractivity contribution in [2.45, 2.75) is 148 Å². The van der Waals surface area contributed by atoms with Gasteiger partial charge < -0.3 is 24.5 Å². The average Bonchev–Trinajstić information content (AvgIpc) is 0.801. The van der Waals surface area contributed by atoms with Gasteiger partial charge in [-0.1, -0.05) is 322 Å². The molecule has 0 saturated heterocycles. The molecule has 0 saturated carbocycles. The molecule has 570 valence electrons. The number of anilines is 15. The molecule has 15 aromatic carbocycles. The number of fused-ring (bicyclic) bond motifs is 10. The third-order valence-electron chi connectivity index (χ3n) is 21.2. The Hall–Kier alpha value is -11.0. The SMILES string of the molecule is CC(C)c1ccc(N2c3ccccc3Sc3ccccc32)cc1.CC(C)c1ccc2c(c1)Sc1ccccc1N2c1ccccc1.CC(C)c1cccc(N2c3ccccc3Sc3ccccc32)c1.CC(C)c1cccc2c1Sc1ccccc1N2c1ccccc1.CC(C)c1ccccc1N1c2ccccc2Sc2ccccc21. The number of hydrogen-bond donors (Lipinski definition) is 0. The van der Waals surface area contributed by atoms with Gasteiger partial charge in [0.2, 0.25) is 0 Å². The van der Waals surface area contributed by atoms with E-state index >= 15 is 0 Å². The Morgan fingerprint density at radius 1 is 0.165 bits per heavy atom. The van der Waals surface area contributed by atoms with Crippen molar-refractivity contribution in [2.24, 2.45) is 0 Å². The number of rotatable bonds is 10. The smallest absolute Gasteiger partial charge is 0.0604 e. The molecule has 5 aliphatic heterocycles. The van der Waals surface area contributed by atoms with Crippen LogP contribution in [-0.4, -0.2) is 0 Å². The predicted octanol–water partition coefficient (Wildman–Crippen LogP) is 33.7. The Morgan fingerprint density at radius 2 is 0.435 bits per heavy atom. The van der Waals surface area contributed by atoms with Gasteiger partial charge in [0.1, 0.15) is 0 Å². The predicted molar refractivity (Wildman–Crippen MR) is 497 cm³/mol. The summed E-state index contributed by atoms with van der Waals surface area (Å²) in [5, 5.41) is 0. The van der Waals surface area contributed by atoms with Crippen LogP contribution in [0.2, 0.25) is 0 Å². The minimum Gasteiger partial charge on any atom is -0.308 e. The summed E-state index contributed by atoms with van der Waals surface area (Å²) in [6, 6.07) is 131. The second kappa shape index (κ2) is 35.4. The van der Waals surface area contributed by atoms with Crippen molar-refractivity contribution < 1.29 is 0 Å². The monoisotopic (exact) mass is 1590 g/mol. The van der Waals surface area contributed by atoms with E-state index in [4.69, 9.17) is 0 Å². The van der Waals surface area contributed by atoms with Gasteiger partial charge in [0.25, 0.3) is 0 Å². The minimum absolute atomic E-state index is 0.486. The number of para-hydroxylation sites is 11. The lowest BCUT2D eigenvalue weighted by Crippen LogP contribution is -2.16. The van der Waals surface area contributed by atoms with E-state index in [1.54, 1.807) is 0 Å². The van der Waals surface area contributed by atoms with Crippen LogP contribution in [-0.2, 0) is 0 Å². The molecule has 20 rings (SSSR count). The van der Waals surface area contributed by atoms with Crippen molar-refractivity contribution in [2.75, 3.05) is 24.5 Å². The zero-order chi connectivity index (χ0) is 79.1. The van der Waals surface area contributed by atoms with Crippen molar-refractivity contribution in [1.82, 2.24) is 0 Å². The molecule has 0 aromatic heterocycles. The van der Waals surface area contributed by atoms with Crippen LogP contribution in [0.25, 0.3) is 0 Å². The Labute approximate surface area is 702 Å². The zero-order valence-corrected chi connectivity index (χ0v) is 70.9. The topological polar surface area (TPSA) is 16.2 Å². The van der Waals surface area contributed by atoms with Crippen LogP contribution in [0.5, 0.6) is 0 Å². The molecule has 0 radical (unpaired) electrons. The molecule has 0 N–H and O–H groups in total. The van der Waals surface area contributed by atoms with Gasteiger partial charge in [0, 0.05) is 77.4 Å². The second-order valence-electron chi connectivity index (χ2n) is 30.5. The van der Waals surface area contributed by atoms with Crippen LogP contribution in [0.4, 0.5) is 85.3 Å². The number of nitrogens with zero attached hydrogens (tertiary/aromatic N) is 5. The molecular formula is C105H95N5S5. The van der Waals surface area contributed by atoms with E-state index < -0.39 is 0 Å². The van der Waals surface area contributed by atoms with Gasteiger partial charge in [-0.3, -0.25) is 0 Å². The molecule has 0 atom stereocenters. The van der Waals surface area contributed by atoms with E-state index in [-0.39, 0.29) is 0 Å². The van der Waals surface area contributed by atoms with Crippen molar-refractivity contribution in [3.05, 3.63) is 392 Å². The first-order chi connectivity index (χ1) is 56.2. The van der Waals surface area contributed by atoms with Crippen LogP contribution in [0.3, 0.4) is 0 Å². The third-order valence-corrected chi connectivity index (χ3v) is 26.9. The standard InChI is InChI=1S/5C21H19NS/c1-15(2)16-8-7-9-17(14-16)22-18-10-3-5-12-20(18)23-21-13-6-4-11-19(21)22;1-15(2)16-11-13-17(14-12-16)22-18-7-3-5-9-20(18)23-21-10-6-4-8-19(21)22;1-15(2)16-9-3-4-10-17(16)22-18-11-5-7-13-20(18)23-21-14-8-6-12-19(21)22;1-15(2)17-11-8-13-19-21(17)23-20-14-7-6-12-18(20)22(19)16-9-4-3-5-10-16;1-15(2)16-12-13-19-21(14-16)23-20-11-7-6-10-18(20)22(19)17-8-4-3-5-9-17/h5*3-15H,1-2H3. The van der Waals surface area contributed by atoms with Crippen molar-refractivity contribution in [1.29, 1.82) is 0 Å². The van der Waals surface area contributed by atoms with Gasteiger partial charge in [0.05, 0.1) is 56.9 Å². The first kappa shape index (κ1) is 78.0. The van der Waals surface area contributed by atoms with E-state index in [1.165, 1.54) is 162 Å². The summed E-state index contributed by atoms with van der Waals surface area (Å²) >= 11 is 9.32. The highest BCUT2D eigenvalue weighted by atomic mass is 32.2. The fourth-order valence-electron chi connectivity index (χ4n) is 15.2. The van der Waals surface area contributed by atoms with E-state index in [0.717, 1.165) is 0 Å². The highest BCUT2D eigenvalue weighted by molar-refractivity contribution is 8.00. The van der Waals surface area contributed by atoms with Crippen molar-refractivity contribution in [3.8, 4) is 0 Å². The summed E-state index contributed by atoms with van der Waals surface area (Å²) in [5.74, 6) is 2.63. The lowest BCUT2D eigenvalue weighted by Gasteiger charge is -2.34. The van der Waals surface area contributed by atoms with Gasteiger partial charge >= 0.3 is 0 Å². The van der Waals surface area contributed by atoms with Gasteiger partial charge in [-0.15, -0.1) is 0 Å². The van der Waals surface area contributed by atoms with Crippen molar-refractivity contribution >= 4 is 144 Å². The first-order valence-corrected chi connectivity index (χ1v) is 44.1. The maximum atomic E-state index is 2.41. The van der Waals surface area contributed by atoms with Crippen LogP contribution in [0.1, 0.15) is 127 Å². The summed E-state index contributed by atoms with van der Waals surface area (Å²) < 4.78 is 0. The summed E-state index contributed by atoms with van der Waals surface area (Å²) in [7, 11) is 0. The van der Waals surface area contributed by atoms with Crippen LogP contribution >= 0.6 is 58.8 Å². The van der Waals surface area contributed by atoms with E-state index in [0.29, 0.717) is 29.6 Å². The maximum Gasteiger partial charge on any atom is 0.0604 e. The fourth-order valence-corrected chi connectivity index (χ4v) is 20.8. The molecule has 5 nitrogen and oxygen atoms in total. The quantitative estimate of drug-likeness (QED) is 0.131. The Balaban J connectivity index is 0.000000108. The zero-order valence-electron chi connectivity index (χ0n) is 66.8. The number of benzene rings is 15. The highest BCUT2D eigenvalue weighted by Crippen LogP contribution is 2.58. The van der Waals surface area contributed by atoms with Gasteiger partial charge in [0.15, 0.2) is 0 Å². The Morgan fingerprint density at radius 3 is 0.835 bits per heavy atom. The van der Waals surface area contributed by atoms with E-state index in [2.05, 4.69) is 458 Å². The molecule has 0 unspecified atom stereocenters. The van der Waals surface area contributed by atoms with Gasteiger partial charge in [-0.05, 0) is 227 Å². The lowest BCUT2D eigenvalue weighted by molar-refractivity contribution is 0.840. The van der Waals surface area contributed by atoms with Crippen LogP contribution < -0.4 is 24.5 Å². The van der Waals surface area contributed by atoms with Crippen LogP contribution in [0.15, 0.2) is 413 Å². The summed E-state index contributed by atoms with van der Waals surface area (Å²) in [6.45, 7) is 22.5. The largest absolute Gasteiger partial charge is 0.308 e. The average molecular weight is 1590 g/mol. The normalized spacial score (nSPS) is 12.9. The third kappa shape index (κ3) is 16.7. The maximum absolute atomic E-state index is 2.41. The van der Waals surface area contributed by atoms with Gasteiger partial charge in [-0.25, -0.2) is 0 Å². The molecular weight excluding hydrogens is 1490 g/mol. The second-order valence-corrected chi connectivity index (χ2v) is 35.9. The molecule has 5 aliphatic rings. The molecule has 0 spiro atoms. The lowest BCUT2D eigenvalue weighted by atomic mass is 9.99. The molecule has 0 bridgehead atoms. The fraction of sp³-hybridized carbons (Fsp3) is 0.143. The molecule has 115 heavy (non-hydrogen) atoms. The van der Waals surface area contributed by atoms with Gasteiger partial charge in [-0.2, -0.15) is 0 Å². The Bertz CT molecular complexity index is 5730.